The molecule has 17 heteroatoms. The van der Waals surface area contributed by atoms with Crippen molar-refractivity contribution in [2.45, 2.75) is 95.7 Å². The summed E-state index contributed by atoms with van der Waals surface area (Å²) in [6, 6.07) is 17.1. The number of piperazine rings is 1. The van der Waals surface area contributed by atoms with Gasteiger partial charge in [0.1, 0.15) is 11.5 Å². The normalized spacial score (nSPS) is 18.7. The number of hydrogen-bond donors (Lipinski definition) is 3. The van der Waals surface area contributed by atoms with Crippen LogP contribution >= 0.6 is 0 Å². The highest BCUT2D eigenvalue weighted by Crippen LogP contribution is 2.41. The van der Waals surface area contributed by atoms with Crippen molar-refractivity contribution < 1.29 is 23.1 Å². The number of piperidine rings is 1. The number of aliphatic hydroxyl groups excluding tert-OH is 1. The summed E-state index contributed by atoms with van der Waals surface area (Å²) in [5.41, 5.74) is 7.17. The number of nitrogens with zero attached hydrogens (tertiary/aromatic N) is 8. The lowest BCUT2D eigenvalue weighted by atomic mass is 9.90. The molecule has 3 aliphatic heterocycles. The van der Waals surface area contributed by atoms with Gasteiger partial charge in [0.15, 0.2) is 15.7 Å². The van der Waals surface area contributed by atoms with Gasteiger partial charge >= 0.3 is 0 Å². The first-order valence-corrected chi connectivity index (χ1v) is 25.1. The maximum Gasteiger partial charge on any atom is 0.293 e. The van der Waals surface area contributed by atoms with Crippen molar-refractivity contribution in [2.24, 2.45) is 12.5 Å². The van der Waals surface area contributed by atoms with E-state index < -0.39 is 21.7 Å². The molecule has 9 rings (SSSR count). The summed E-state index contributed by atoms with van der Waals surface area (Å²) in [6.45, 7) is 18.5. The smallest absolute Gasteiger partial charge is 0.293 e. The van der Waals surface area contributed by atoms with Gasteiger partial charge < -0.3 is 34.7 Å². The molecule has 2 aromatic carbocycles. The third-order valence-electron chi connectivity index (χ3n) is 14.2. The Kier molecular flexibility index (Phi) is 12.6. The van der Waals surface area contributed by atoms with Gasteiger partial charge in [-0.1, -0.05) is 20.4 Å². The van der Waals surface area contributed by atoms with E-state index in [1.54, 1.807) is 62.5 Å². The van der Waals surface area contributed by atoms with Crippen LogP contribution in [0.1, 0.15) is 74.8 Å². The van der Waals surface area contributed by atoms with Crippen LogP contribution in [0.2, 0.25) is 0 Å². The van der Waals surface area contributed by atoms with E-state index in [9.17, 15) is 27.9 Å². The van der Waals surface area contributed by atoms with Gasteiger partial charge in [-0.05, 0) is 118 Å². The van der Waals surface area contributed by atoms with E-state index in [1.807, 2.05) is 30.3 Å². The Labute approximate surface area is 398 Å². The summed E-state index contributed by atoms with van der Waals surface area (Å²) in [5.74, 6) is -0.146. The molecule has 1 unspecified atom stereocenters. The lowest BCUT2D eigenvalue weighted by Crippen LogP contribution is -2.57. The summed E-state index contributed by atoms with van der Waals surface area (Å²) in [7, 11) is -1.69. The van der Waals surface area contributed by atoms with E-state index in [4.69, 9.17) is 4.98 Å². The average Bonchev–Trinajstić information content (AvgIpc) is 3.82. The molecular formula is C51H62N10O6S. The highest BCUT2D eigenvalue weighted by molar-refractivity contribution is 7.92. The second kappa shape index (κ2) is 18.3. The molecule has 2 saturated heterocycles. The Hall–Kier alpha value is -6.30. The molecular weight excluding hydrogens is 881 g/mol. The number of rotatable bonds is 12. The number of aliphatic hydroxyl groups is 1. The number of fused-ring (bicyclic) bond motifs is 3. The molecule has 1 aliphatic carbocycles. The van der Waals surface area contributed by atoms with Gasteiger partial charge in [-0.2, -0.15) is 0 Å². The van der Waals surface area contributed by atoms with Crippen molar-refractivity contribution in [1.82, 2.24) is 24.0 Å². The molecule has 6 heterocycles. The third-order valence-corrected chi connectivity index (χ3v) is 16.4. The fourth-order valence-corrected chi connectivity index (χ4v) is 11.7. The minimum atomic E-state index is -3.32. The molecule has 68 heavy (non-hydrogen) atoms. The highest BCUT2D eigenvalue weighted by Gasteiger charge is 2.38. The van der Waals surface area contributed by atoms with Gasteiger partial charge in [-0.3, -0.25) is 24.2 Å². The van der Waals surface area contributed by atoms with E-state index in [-0.39, 0.29) is 34.6 Å². The van der Waals surface area contributed by atoms with E-state index in [0.29, 0.717) is 63.7 Å². The summed E-state index contributed by atoms with van der Waals surface area (Å²) < 4.78 is 28.9. The molecule has 0 saturated carbocycles. The van der Waals surface area contributed by atoms with E-state index in [1.165, 1.54) is 21.9 Å². The maximum absolute atomic E-state index is 14.0. The Morgan fingerprint density at radius 2 is 1.74 bits per heavy atom. The minimum Gasteiger partial charge on any atom is -0.392 e. The largest absolute Gasteiger partial charge is 0.392 e. The number of aryl methyl sites for hydroxylation is 1. The number of carbonyl (C=O) groups is 2. The predicted octanol–water partition coefficient (Wildman–Crippen LogP) is 6.15. The molecule has 3 aromatic heterocycles. The zero-order chi connectivity index (χ0) is 48.2. The second-order valence-electron chi connectivity index (χ2n) is 19.7. The number of amides is 2. The van der Waals surface area contributed by atoms with Crippen molar-refractivity contribution >= 4 is 56.0 Å². The topological polar surface area (TPSA) is 178 Å². The van der Waals surface area contributed by atoms with Gasteiger partial charge in [0.2, 0.25) is 5.91 Å². The quantitative estimate of drug-likeness (QED) is 0.122. The molecule has 2 amide bonds. The van der Waals surface area contributed by atoms with Crippen LogP contribution in [-0.4, -0.2) is 106 Å². The molecule has 3 N–H and O–H groups in total. The molecule has 0 radical (unpaired) electrons. The number of nitrogens with one attached hydrogen (secondary N) is 2. The maximum atomic E-state index is 14.0. The number of hydrogen-bond acceptors (Lipinski definition) is 12. The molecule has 5 aromatic rings. The van der Waals surface area contributed by atoms with Gasteiger partial charge in [0.25, 0.3) is 11.5 Å². The van der Waals surface area contributed by atoms with Crippen molar-refractivity contribution in [1.29, 1.82) is 0 Å². The monoisotopic (exact) mass is 942 g/mol. The fraction of sp³-hybridized carbons (Fsp3) is 0.431. The number of anilines is 6. The Balaban J connectivity index is 0.904. The van der Waals surface area contributed by atoms with Crippen LogP contribution in [0, 0.1) is 5.41 Å². The fourth-order valence-electron chi connectivity index (χ4n) is 10.6. The first kappa shape index (κ1) is 46.8. The second-order valence-corrected chi connectivity index (χ2v) is 22.2. The molecule has 1 atom stereocenters. The molecule has 4 aliphatic rings. The van der Waals surface area contributed by atoms with E-state index in [2.05, 4.69) is 62.2 Å². The minimum absolute atomic E-state index is 0.0365. The summed E-state index contributed by atoms with van der Waals surface area (Å²) in [6.07, 6.45) is 8.25. The van der Waals surface area contributed by atoms with E-state index in [0.717, 1.165) is 69.8 Å². The highest BCUT2D eigenvalue weighted by atomic mass is 32.2. The van der Waals surface area contributed by atoms with Crippen LogP contribution in [0.25, 0.3) is 11.3 Å². The molecule has 358 valence electrons. The number of carbonyl (C=O) groups excluding carboxylic acids is 2. The lowest BCUT2D eigenvalue weighted by molar-refractivity contribution is -0.111. The van der Waals surface area contributed by atoms with Crippen molar-refractivity contribution in [3.8, 4) is 11.3 Å². The molecule has 2 fully saturated rings. The lowest BCUT2D eigenvalue weighted by Gasteiger charge is -2.47. The average molecular weight is 943 g/mol. The van der Waals surface area contributed by atoms with Gasteiger partial charge in [0, 0.05) is 106 Å². The standard InChI is InChI=1S/C51H62N10O6S/c1-8-46(63)54-41-26-35(9-14-43(41)59-22-21-58(29-33(59)4)37-16-19-57(20-17-37)36-10-12-38(13-11-36)68(66,67)32(2)3)53-47-50(65)56(7)30-42(55-47)39-15-18-52-48(40(39)31-62)61-24-23-60-44(49(61)64)25-34-27-51(5,6)28-45(34)60/h8-15,18,25-26,30,32-33,37,62H,1,16-17,19-24,27-29,31H2,2-7H3,(H,53,55)(H,54,63). The number of sulfone groups is 1. The summed E-state index contributed by atoms with van der Waals surface area (Å²) in [5, 5.41) is 16.6. The summed E-state index contributed by atoms with van der Waals surface area (Å²) in [4.78, 5) is 59.1. The zero-order valence-electron chi connectivity index (χ0n) is 39.8. The zero-order valence-corrected chi connectivity index (χ0v) is 40.6. The Bertz CT molecular complexity index is 2950. The van der Waals surface area contributed by atoms with Crippen LogP contribution in [0.4, 0.5) is 34.4 Å². The predicted molar refractivity (Wildman–Crippen MR) is 267 cm³/mol. The first-order chi connectivity index (χ1) is 32.5. The number of benzene rings is 2. The van der Waals surface area contributed by atoms with Crippen LogP contribution in [-0.2, 0) is 47.7 Å². The molecule has 0 bridgehead atoms. The molecule has 16 nitrogen and oxygen atoms in total. The SMILES string of the molecule is C=CC(=O)Nc1cc(Nc2nc(-c3ccnc(N4CCn5c(cc6c5CC(C)(C)C6)C4=O)c3CO)cn(C)c2=O)ccc1N1CCN(C2CCN(c3ccc(S(=O)(=O)C(C)C)cc3)CC2)CC1C. The first-order valence-electron chi connectivity index (χ1n) is 23.6. The Morgan fingerprint density at radius 1 is 0.985 bits per heavy atom. The van der Waals surface area contributed by atoms with Gasteiger partial charge in [0.05, 0.1) is 33.8 Å². The van der Waals surface area contributed by atoms with Crippen molar-refractivity contribution in [3.05, 3.63) is 113 Å². The third kappa shape index (κ3) is 8.82. The van der Waals surface area contributed by atoms with Crippen molar-refractivity contribution in [3.63, 3.8) is 0 Å². The Morgan fingerprint density at radius 3 is 2.43 bits per heavy atom. The van der Waals surface area contributed by atoms with E-state index >= 15 is 0 Å². The van der Waals surface area contributed by atoms with Crippen LogP contribution in [0.5, 0.6) is 0 Å². The van der Waals surface area contributed by atoms with Crippen molar-refractivity contribution in [2.75, 3.05) is 64.6 Å². The van der Waals surface area contributed by atoms with Crippen LogP contribution < -0.4 is 30.9 Å². The number of aromatic nitrogens is 4. The van der Waals surface area contributed by atoms with Gasteiger partial charge in [-0.15, -0.1) is 0 Å². The summed E-state index contributed by atoms with van der Waals surface area (Å²) >= 11 is 0. The van der Waals surface area contributed by atoms with Gasteiger partial charge in [-0.25, -0.2) is 18.4 Å². The van der Waals surface area contributed by atoms with Crippen LogP contribution in [0.15, 0.2) is 89.3 Å². The number of pyridine rings is 1. The molecule has 0 spiro atoms. The van der Waals surface area contributed by atoms with Crippen LogP contribution in [0.3, 0.4) is 0 Å².